The van der Waals surface area contributed by atoms with Crippen molar-refractivity contribution >= 4 is 17.7 Å². The van der Waals surface area contributed by atoms with Crippen LogP contribution >= 0.6 is 0 Å². The summed E-state index contributed by atoms with van der Waals surface area (Å²) < 4.78 is 16.8. The van der Waals surface area contributed by atoms with Crippen molar-refractivity contribution in [1.29, 1.82) is 0 Å². The minimum Gasteiger partial charge on any atom is -0.497 e. The molecule has 1 heterocycles. The second-order valence-corrected chi connectivity index (χ2v) is 17.3. The van der Waals surface area contributed by atoms with E-state index in [2.05, 4.69) is 19.9 Å². The highest BCUT2D eigenvalue weighted by Gasteiger charge is 2.76. The number of ketones is 1. The van der Waals surface area contributed by atoms with E-state index in [1.165, 1.54) is 5.57 Å². The lowest BCUT2D eigenvalue weighted by Gasteiger charge is -2.47. The number of amides is 1. The Balaban J connectivity index is 1.43. The van der Waals surface area contributed by atoms with Crippen LogP contribution in [0.5, 0.6) is 5.75 Å². The van der Waals surface area contributed by atoms with Gasteiger partial charge < -0.3 is 29.3 Å². The van der Waals surface area contributed by atoms with Crippen LogP contribution in [0, 0.1) is 16.2 Å². The minimum atomic E-state index is -1.32. The maximum atomic E-state index is 14.9. The van der Waals surface area contributed by atoms with Gasteiger partial charge in [-0.2, -0.15) is 0 Å². The molecule has 53 heavy (non-hydrogen) atoms. The molecule has 1 saturated heterocycles. The molecule has 1 amide bonds. The molecule has 6 atom stereocenters. The molecular formula is C44H59NO8. The molecule has 1 aliphatic heterocycles. The summed E-state index contributed by atoms with van der Waals surface area (Å²) in [5, 5.41) is 24.1. The highest BCUT2D eigenvalue weighted by atomic mass is 16.6. The van der Waals surface area contributed by atoms with Crippen molar-refractivity contribution in [3.05, 3.63) is 76.4 Å². The number of hydrogen-bond donors (Lipinski definition) is 2. The Bertz CT molecular complexity index is 1750. The molecule has 7 rings (SSSR count). The molecule has 2 N–H and O–H groups in total. The average molecular weight is 730 g/mol. The predicted octanol–water partition coefficient (Wildman–Crippen LogP) is 6.95. The van der Waals surface area contributed by atoms with Gasteiger partial charge in [0.25, 0.3) is 5.91 Å². The first-order valence-corrected chi connectivity index (χ1v) is 19.5. The SMILES string of the molecule is COCCCN(CC1(O)CCC2c3ccc(cc3C(=O)c3ccc(OC)cc3)CC(O)CCC(C)=CCCC21C)C(=O)C12CCC(C)(C(=O)O1)C2(C)C. The summed E-state index contributed by atoms with van der Waals surface area (Å²) in [7, 11) is 3.22. The first-order valence-electron chi connectivity index (χ1n) is 19.5. The zero-order chi connectivity index (χ0) is 38.4. The molecule has 4 bridgehead atoms. The van der Waals surface area contributed by atoms with E-state index in [0.29, 0.717) is 87.8 Å². The lowest BCUT2D eigenvalue weighted by molar-refractivity contribution is -0.177. The minimum absolute atomic E-state index is 0.0728. The fourth-order valence-corrected chi connectivity index (χ4v) is 10.0. The van der Waals surface area contributed by atoms with Crippen molar-refractivity contribution in [2.24, 2.45) is 16.2 Å². The van der Waals surface area contributed by atoms with Gasteiger partial charge in [0, 0.05) is 42.2 Å². The number of aliphatic hydroxyl groups is 2. The summed E-state index contributed by atoms with van der Waals surface area (Å²) in [6, 6.07) is 13.1. The topological polar surface area (TPSA) is 123 Å². The number of nitrogens with zero attached hydrogens (tertiary/aromatic N) is 1. The van der Waals surface area contributed by atoms with Gasteiger partial charge in [0.2, 0.25) is 0 Å². The molecule has 9 heteroatoms. The van der Waals surface area contributed by atoms with Gasteiger partial charge in [-0.15, -0.1) is 0 Å². The summed E-state index contributed by atoms with van der Waals surface area (Å²) in [5.74, 6) is -0.242. The van der Waals surface area contributed by atoms with E-state index >= 15 is 0 Å². The molecule has 288 valence electrons. The summed E-state index contributed by atoms with van der Waals surface area (Å²) in [4.78, 5) is 44.4. The summed E-state index contributed by atoms with van der Waals surface area (Å²) in [6.07, 6.45) is 7.41. The Morgan fingerprint density at radius 3 is 2.36 bits per heavy atom. The first kappa shape index (κ1) is 39.2. The predicted molar refractivity (Wildman–Crippen MR) is 203 cm³/mol. The zero-order valence-corrected chi connectivity index (χ0v) is 32.8. The lowest BCUT2D eigenvalue weighted by atomic mass is 9.64. The maximum absolute atomic E-state index is 14.9. The van der Waals surface area contributed by atoms with Crippen molar-refractivity contribution in [2.45, 2.75) is 122 Å². The molecule has 2 aromatic rings. The Kier molecular flexibility index (Phi) is 10.8. The molecule has 4 aliphatic carbocycles. The Hall–Kier alpha value is -3.53. The summed E-state index contributed by atoms with van der Waals surface area (Å²) >= 11 is 0. The number of carbonyl (C=O) groups is 3. The third kappa shape index (κ3) is 6.54. The maximum Gasteiger partial charge on any atom is 0.313 e. The Morgan fingerprint density at radius 1 is 0.981 bits per heavy atom. The van der Waals surface area contributed by atoms with Gasteiger partial charge in [-0.3, -0.25) is 14.4 Å². The van der Waals surface area contributed by atoms with Crippen molar-refractivity contribution in [2.75, 3.05) is 33.9 Å². The molecule has 0 radical (unpaired) electrons. The molecule has 2 aromatic carbocycles. The Morgan fingerprint density at radius 2 is 1.72 bits per heavy atom. The quantitative estimate of drug-likeness (QED) is 0.117. The number of aliphatic hydroxyl groups excluding tert-OH is 1. The van der Waals surface area contributed by atoms with Crippen LogP contribution in [0.1, 0.15) is 125 Å². The molecular weight excluding hydrogens is 670 g/mol. The van der Waals surface area contributed by atoms with E-state index in [0.717, 1.165) is 17.5 Å². The summed E-state index contributed by atoms with van der Waals surface area (Å²) in [6.45, 7) is 10.9. The Labute approximate surface area is 315 Å². The van der Waals surface area contributed by atoms with E-state index in [1.807, 2.05) is 39.0 Å². The summed E-state index contributed by atoms with van der Waals surface area (Å²) in [5.41, 5.74) is -0.796. The van der Waals surface area contributed by atoms with Crippen molar-refractivity contribution in [3.8, 4) is 5.75 Å². The molecule has 0 spiro atoms. The number of hydrogen-bond acceptors (Lipinski definition) is 8. The van der Waals surface area contributed by atoms with Gasteiger partial charge >= 0.3 is 5.97 Å². The third-order valence-electron chi connectivity index (χ3n) is 14.2. The number of rotatable bonds is 10. The number of ether oxygens (including phenoxy) is 3. The number of methoxy groups -OCH3 is 2. The molecule has 5 aliphatic rings. The van der Waals surface area contributed by atoms with E-state index in [-0.39, 0.29) is 30.1 Å². The second kappa shape index (κ2) is 14.6. The molecule has 3 fully saturated rings. The van der Waals surface area contributed by atoms with Gasteiger partial charge in [0.05, 0.1) is 30.8 Å². The van der Waals surface area contributed by atoms with Crippen molar-refractivity contribution in [3.63, 3.8) is 0 Å². The second-order valence-electron chi connectivity index (χ2n) is 17.3. The highest BCUT2D eigenvalue weighted by Crippen LogP contribution is 2.66. The van der Waals surface area contributed by atoms with Crippen LogP contribution in [0.15, 0.2) is 54.1 Å². The number of esters is 1. The smallest absolute Gasteiger partial charge is 0.313 e. The zero-order valence-electron chi connectivity index (χ0n) is 32.8. The molecule has 0 aromatic heterocycles. The van der Waals surface area contributed by atoms with E-state index < -0.39 is 33.6 Å². The van der Waals surface area contributed by atoms with Crippen LogP contribution < -0.4 is 4.74 Å². The highest BCUT2D eigenvalue weighted by molar-refractivity contribution is 6.10. The van der Waals surface area contributed by atoms with Gasteiger partial charge in [0.15, 0.2) is 11.4 Å². The number of benzene rings is 2. The van der Waals surface area contributed by atoms with Crippen LogP contribution in [0.2, 0.25) is 0 Å². The van der Waals surface area contributed by atoms with Crippen LogP contribution in [-0.2, 0) is 25.5 Å². The lowest BCUT2D eigenvalue weighted by Crippen LogP contribution is -2.60. The molecule has 9 nitrogen and oxygen atoms in total. The van der Waals surface area contributed by atoms with Crippen molar-refractivity contribution in [1.82, 2.24) is 4.90 Å². The van der Waals surface area contributed by atoms with E-state index in [4.69, 9.17) is 14.2 Å². The average Bonchev–Trinajstić information content (AvgIpc) is 3.57. The van der Waals surface area contributed by atoms with Crippen LogP contribution in [0.4, 0.5) is 0 Å². The molecule has 2 saturated carbocycles. The van der Waals surface area contributed by atoms with Gasteiger partial charge in [0.1, 0.15) is 5.75 Å². The van der Waals surface area contributed by atoms with Gasteiger partial charge in [-0.25, -0.2) is 0 Å². The van der Waals surface area contributed by atoms with Crippen molar-refractivity contribution < 1.29 is 38.8 Å². The number of fused-ring (bicyclic) bond motifs is 10. The van der Waals surface area contributed by atoms with Crippen LogP contribution in [0.25, 0.3) is 0 Å². The van der Waals surface area contributed by atoms with Gasteiger partial charge in [-0.05, 0) is 125 Å². The standard InChI is InChI=1S/C44H59NO8/c1-29-10-8-20-41(4)36(34-18-12-30(26-32(46)15-11-29)27-35(34)37(47)31-13-16-33(52-7)17-14-31)19-21-43(41,50)28-45(24-9-25-51-6)38(48)44-23-22-42(5,39(49)53-44)40(44,2)3/h10,12-14,16-18,27,32,36,46,50H,8-9,11,15,19-26,28H2,1-7H3. The fraction of sp³-hybridized carbons (Fsp3) is 0.614. The fourth-order valence-electron chi connectivity index (χ4n) is 10.0. The van der Waals surface area contributed by atoms with Gasteiger partial charge in [-0.1, -0.05) is 44.6 Å². The molecule has 6 unspecified atom stereocenters. The first-order chi connectivity index (χ1) is 25.1. The van der Waals surface area contributed by atoms with Crippen LogP contribution in [0.3, 0.4) is 0 Å². The number of allylic oxidation sites excluding steroid dienone is 2. The van der Waals surface area contributed by atoms with E-state index in [1.54, 1.807) is 43.4 Å². The normalized spacial score (nSPS) is 32.1. The third-order valence-corrected chi connectivity index (χ3v) is 14.2. The van der Waals surface area contributed by atoms with Crippen LogP contribution in [-0.4, -0.2) is 84.0 Å². The monoisotopic (exact) mass is 729 g/mol. The largest absolute Gasteiger partial charge is 0.497 e. The number of carbonyl (C=O) groups excluding carboxylic acids is 3. The van der Waals surface area contributed by atoms with E-state index in [9.17, 15) is 24.6 Å².